The molecule has 112 valence electrons. The lowest BCUT2D eigenvalue weighted by atomic mass is 9.94. The van der Waals surface area contributed by atoms with Gasteiger partial charge in [0, 0.05) is 10.6 Å². The molecule has 21 heavy (non-hydrogen) atoms. The van der Waals surface area contributed by atoms with Gasteiger partial charge >= 0.3 is 0 Å². The molecular weight excluding hydrogens is 284 g/mol. The van der Waals surface area contributed by atoms with E-state index in [4.69, 9.17) is 22.2 Å². The number of rotatable bonds is 4. The van der Waals surface area contributed by atoms with Crippen molar-refractivity contribution in [1.82, 2.24) is 5.43 Å². The molecule has 4 heteroatoms. The van der Waals surface area contributed by atoms with Crippen molar-refractivity contribution >= 4 is 11.6 Å². The number of halogens is 1. The summed E-state index contributed by atoms with van der Waals surface area (Å²) in [5.74, 6) is 6.63. The zero-order valence-corrected chi connectivity index (χ0v) is 13.6. The highest BCUT2D eigenvalue weighted by molar-refractivity contribution is 6.31. The molecule has 0 heterocycles. The van der Waals surface area contributed by atoms with Gasteiger partial charge in [0.25, 0.3) is 0 Å². The van der Waals surface area contributed by atoms with Crippen molar-refractivity contribution in [2.75, 3.05) is 7.11 Å². The lowest BCUT2D eigenvalue weighted by Crippen LogP contribution is -2.29. The quantitative estimate of drug-likeness (QED) is 0.666. The maximum atomic E-state index is 6.38. The van der Waals surface area contributed by atoms with Crippen LogP contribution in [0, 0.1) is 20.8 Å². The molecule has 0 fully saturated rings. The molecule has 0 aliphatic carbocycles. The van der Waals surface area contributed by atoms with E-state index in [1.54, 1.807) is 7.11 Å². The van der Waals surface area contributed by atoms with Gasteiger partial charge in [-0.25, -0.2) is 5.43 Å². The number of nitrogens with one attached hydrogen (secondary N) is 1. The number of ether oxygens (including phenoxy) is 1. The summed E-state index contributed by atoms with van der Waals surface area (Å²) in [4.78, 5) is 0. The van der Waals surface area contributed by atoms with Crippen LogP contribution >= 0.6 is 11.6 Å². The van der Waals surface area contributed by atoms with Crippen LogP contribution < -0.4 is 16.0 Å². The Morgan fingerprint density at radius 2 is 1.76 bits per heavy atom. The normalized spacial score (nSPS) is 12.3. The minimum Gasteiger partial charge on any atom is -0.496 e. The van der Waals surface area contributed by atoms with E-state index in [0.29, 0.717) is 5.02 Å². The van der Waals surface area contributed by atoms with Crippen LogP contribution in [0.25, 0.3) is 0 Å². The predicted molar refractivity (Wildman–Crippen MR) is 87.8 cm³/mol. The van der Waals surface area contributed by atoms with Gasteiger partial charge in [-0.3, -0.25) is 5.84 Å². The Balaban J connectivity index is 2.59. The van der Waals surface area contributed by atoms with Crippen LogP contribution in [0.3, 0.4) is 0 Å². The molecule has 1 atom stereocenters. The maximum absolute atomic E-state index is 6.38. The third-order valence-electron chi connectivity index (χ3n) is 3.86. The summed E-state index contributed by atoms with van der Waals surface area (Å²) in [6.07, 6.45) is 0. The van der Waals surface area contributed by atoms with Crippen LogP contribution in [0.5, 0.6) is 5.75 Å². The van der Waals surface area contributed by atoms with E-state index in [2.05, 4.69) is 18.4 Å². The minimum absolute atomic E-state index is 0.215. The van der Waals surface area contributed by atoms with E-state index >= 15 is 0 Å². The van der Waals surface area contributed by atoms with Crippen molar-refractivity contribution in [3.8, 4) is 5.75 Å². The van der Waals surface area contributed by atoms with Gasteiger partial charge < -0.3 is 4.74 Å². The molecule has 1 unspecified atom stereocenters. The first-order chi connectivity index (χ1) is 9.99. The van der Waals surface area contributed by atoms with Gasteiger partial charge in [-0.15, -0.1) is 0 Å². The molecule has 0 aliphatic heterocycles. The van der Waals surface area contributed by atoms with Crippen molar-refractivity contribution in [2.24, 2.45) is 5.84 Å². The fraction of sp³-hybridized carbons (Fsp3) is 0.294. The number of nitrogens with two attached hydrogens (primary N) is 1. The van der Waals surface area contributed by atoms with Crippen LogP contribution in [0.15, 0.2) is 30.3 Å². The number of hydrogen-bond donors (Lipinski definition) is 2. The molecular formula is C17H21ClN2O. The monoisotopic (exact) mass is 304 g/mol. The van der Waals surface area contributed by atoms with Gasteiger partial charge in [0.15, 0.2) is 0 Å². The van der Waals surface area contributed by atoms with E-state index in [-0.39, 0.29) is 6.04 Å². The highest BCUT2D eigenvalue weighted by atomic mass is 35.5. The number of methoxy groups -OCH3 is 1. The van der Waals surface area contributed by atoms with Gasteiger partial charge in [0.1, 0.15) is 5.75 Å². The van der Waals surface area contributed by atoms with Crippen molar-refractivity contribution in [2.45, 2.75) is 26.8 Å². The Kier molecular flexibility index (Phi) is 4.88. The first kappa shape index (κ1) is 15.8. The van der Waals surface area contributed by atoms with Crippen molar-refractivity contribution in [3.63, 3.8) is 0 Å². The summed E-state index contributed by atoms with van der Waals surface area (Å²) in [5, 5.41) is 0.693. The molecule has 2 aromatic rings. The standard InChI is InChI=1S/C17H21ClN2O/c1-10-5-7-13(15(18)9-10)16(20-19)14-8-6-11(2)12(3)17(14)21-4/h5-9,16,20H,19H2,1-4H3. The molecule has 0 aliphatic rings. The molecule has 3 N–H and O–H groups in total. The van der Waals surface area contributed by atoms with Crippen LogP contribution in [0.2, 0.25) is 5.02 Å². The second-order valence-electron chi connectivity index (χ2n) is 5.25. The Bertz CT molecular complexity index is 655. The minimum atomic E-state index is -0.215. The zero-order valence-electron chi connectivity index (χ0n) is 12.8. The lowest BCUT2D eigenvalue weighted by molar-refractivity contribution is 0.401. The van der Waals surface area contributed by atoms with Crippen LogP contribution in [0.1, 0.15) is 33.9 Å². The molecule has 0 radical (unpaired) electrons. The second-order valence-corrected chi connectivity index (χ2v) is 5.66. The maximum Gasteiger partial charge on any atom is 0.127 e. The summed E-state index contributed by atoms with van der Waals surface area (Å²) >= 11 is 6.38. The zero-order chi connectivity index (χ0) is 15.6. The topological polar surface area (TPSA) is 47.3 Å². The average Bonchev–Trinajstić information content (AvgIpc) is 2.45. The number of benzene rings is 2. The van der Waals surface area contributed by atoms with Gasteiger partial charge in [0.05, 0.1) is 13.2 Å². The first-order valence-corrected chi connectivity index (χ1v) is 7.23. The molecule has 2 aromatic carbocycles. The van der Waals surface area contributed by atoms with Gasteiger partial charge in [-0.2, -0.15) is 0 Å². The fourth-order valence-corrected chi connectivity index (χ4v) is 2.87. The van der Waals surface area contributed by atoms with Crippen LogP contribution in [-0.4, -0.2) is 7.11 Å². The summed E-state index contributed by atoms with van der Waals surface area (Å²) in [6.45, 7) is 6.12. The smallest absolute Gasteiger partial charge is 0.127 e. The lowest BCUT2D eigenvalue weighted by Gasteiger charge is -2.22. The second kappa shape index (κ2) is 6.48. The number of aryl methyl sites for hydroxylation is 2. The largest absolute Gasteiger partial charge is 0.496 e. The van der Waals surface area contributed by atoms with E-state index in [1.165, 1.54) is 5.56 Å². The summed E-state index contributed by atoms with van der Waals surface area (Å²) < 4.78 is 5.59. The van der Waals surface area contributed by atoms with Gasteiger partial charge in [0.2, 0.25) is 0 Å². The fourth-order valence-electron chi connectivity index (χ4n) is 2.52. The summed E-state index contributed by atoms with van der Waals surface area (Å²) in [5.41, 5.74) is 8.18. The molecule has 0 aromatic heterocycles. The molecule has 0 amide bonds. The third-order valence-corrected chi connectivity index (χ3v) is 4.18. The van der Waals surface area contributed by atoms with Crippen molar-refractivity contribution in [1.29, 1.82) is 0 Å². The molecule has 2 rings (SSSR count). The Labute approximate surface area is 131 Å². The SMILES string of the molecule is COc1c(C(NN)c2ccc(C)cc2Cl)ccc(C)c1C. The summed E-state index contributed by atoms with van der Waals surface area (Å²) in [7, 11) is 1.68. The van der Waals surface area contributed by atoms with Gasteiger partial charge in [-0.05, 0) is 49.1 Å². The molecule has 0 spiro atoms. The predicted octanol–water partition coefficient (Wildman–Crippen LogP) is 3.83. The molecule has 0 bridgehead atoms. The van der Waals surface area contributed by atoms with Crippen molar-refractivity contribution in [3.05, 3.63) is 63.2 Å². The van der Waals surface area contributed by atoms with Crippen molar-refractivity contribution < 1.29 is 4.74 Å². The van der Waals surface area contributed by atoms with E-state index in [0.717, 1.165) is 28.0 Å². The molecule has 0 saturated heterocycles. The average molecular weight is 305 g/mol. The summed E-state index contributed by atoms with van der Waals surface area (Å²) in [6, 6.07) is 9.85. The van der Waals surface area contributed by atoms with Gasteiger partial charge in [-0.1, -0.05) is 35.9 Å². The highest BCUT2D eigenvalue weighted by Crippen LogP contribution is 2.36. The Hall–Kier alpha value is -1.55. The number of hydrazine groups is 1. The van der Waals surface area contributed by atoms with E-state index in [9.17, 15) is 0 Å². The Morgan fingerprint density at radius 1 is 1.10 bits per heavy atom. The molecule has 3 nitrogen and oxygen atoms in total. The third kappa shape index (κ3) is 3.05. The molecule has 0 saturated carbocycles. The van der Waals surface area contributed by atoms with Crippen LogP contribution in [0.4, 0.5) is 0 Å². The Morgan fingerprint density at radius 3 is 2.33 bits per heavy atom. The van der Waals surface area contributed by atoms with Crippen LogP contribution in [-0.2, 0) is 0 Å². The van der Waals surface area contributed by atoms with E-state index < -0.39 is 0 Å². The first-order valence-electron chi connectivity index (χ1n) is 6.85. The highest BCUT2D eigenvalue weighted by Gasteiger charge is 2.21. The van der Waals surface area contributed by atoms with E-state index in [1.807, 2.05) is 38.1 Å². The number of hydrogen-bond acceptors (Lipinski definition) is 3.